The Kier molecular flexibility index (Phi) is 8.03. The van der Waals surface area contributed by atoms with Gasteiger partial charge in [-0.15, -0.1) is 0 Å². The Hall–Kier alpha value is -1.48. The molecule has 2 rings (SSSR count). The van der Waals surface area contributed by atoms with E-state index in [9.17, 15) is 0 Å². The van der Waals surface area contributed by atoms with Gasteiger partial charge in [-0.3, -0.25) is 0 Å². The van der Waals surface area contributed by atoms with Crippen molar-refractivity contribution in [1.82, 2.24) is 4.90 Å². The van der Waals surface area contributed by atoms with E-state index < -0.39 is 0 Å². The second-order valence-corrected chi connectivity index (χ2v) is 6.10. The van der Waals surface area contributed by atoms with Crippen LogP contribution in [0.3, 0.4) is 0 Å². The van der Waals surface area contributed by atoms with Crippen LogP contribution in [-0.2, 0) is 0 Å². The highest BCUT2D eigenvalue weighted by molar-refractivity contribution is 5.58. The van der Waals surface area contributed by atoms with Crippen LogP contribution in [0.4, 0.5) is 11.4 Å². The lowest BCUT2D eigenvalue weighted by Gasteiger charge is -2.34. The first-order chi connectivity index (χ1) is 10.5. The van der Waals surface area contributed by atoms with E-state index in [1.807, 2.05) is 14.0 Å². The first kappa shape index (κ1) is 18.6. The summed E-state index contributed by atoms with van der Waals surface area (Å²) in [5.41, 5.74) is 3.57. The van der Waals surface area contributed by atoms with Crippen LogP contribution in [0.5, 0.6) is 0 Å². The van der Waals surface area contributed by atoms with Gasteiger partial charge in [0.05, 0.1) is 0 Å². The zero-order valence-corrected chi connectivity index (χ0v) is 15.1. The third kappa shape index (κ3) is 5.72. The number of hydrogen-bond donors (Lipinski definition) is 0. The molecule has 1 aromatic carbocycles. The maximum Gasteiger partial charge on any atom is 0.0406 e. The van der Waals surface area contributed by atoms with Gasteiger partial charge in [-0.05, 0) is 38.2 Å². The number of anilines is 2. The molecule has 124 valence electrons. The molecule has 0 aliphatic carbocycles. The van der Waals surface area contributed by atoms with Gasteiger partial charge in [0.1, 0.15) is 0 Å². The van der Waals surface area contributed by atoms with Gasteiger partial charge in [0.2, 0.25) is 0 Å². The minimum absolute atomic E-state index is 1.06. The molecule has 1 aliphatic rings. The second kappa shape index (κ2) is 9.52. The van der Waals surface area contributed by atoms with Gasteiger partial charge in [0, 0.05) is 50.3 Å². The van der Waals surface area contributed by atoms with E-state index >= 15 is 0 Å². The zero-order valence-electron chi connectivity index (χ0n) is 15.1. The van der Waals surface area contributed by atoms with E-state index in [1.54, 1.807) is 0 Å². The zero-order chi connectivity index (χ0) is 16.5. The van der Waals surface area contributed by atoms with Crippen molar-refractivity contribution < 1.29 is 0 Å². The summed E-state index contributed by atoms with van der Waals surface area (Å²) < 4.78 is 0. The molecular formula is C19H33N3. The summed E-state index contributed by atoms with van der Waals surface area (Å²) in [7, 11) is 4.23. The maximum atomic E-state index is 3.96. The summed E-state index contributed by atoms with van der Waals surface area (Å²) in [6.45, 7) is 14.9. The largest absolute Gasteiger partial charge is 0.369 e. The lowest BCUT2D eigenvalue weighted by Crippen LogP contribution is -2.44. The number of allylic oxidation sites excluding steroid dienone is 1. The number of rotatable bonds is 4. The molecule has 1 saturated heterocycles. The lowest BCUT2D eigenvalue weighted by molar-refractivity contribution is 0.313. The van der Waals surface area contributed by atoms with Crippen LogP contribution < -0.4 is 9.80 Å². The third-order valence-corrected chi connectivity index (χ3v) is 4.18. The first-order valence-electron chi connectivity index (χ1n) is 8.42. The molecule has 1 aliphatic heterocycles. The van der Waals surface area contributed by atoms with E-state index in [0.29, 0.717) is 0 Å². The molecule has 0 bridgehead atoms. The first-order valence-corrected chi connectivity index (χ1v) is 8.42. The predicted octanol–water partition coefficient (Wildman–Crippen LogP) is 4.21. The van der Waals surface area contributed by atoms with Crippen LogP contribution in [0.15, 0.2) is 36.5 Å². The quantitative estimate of drug-likeness (QED) is 0.825. The van der Waals surface area contributed by atoms with Gasteiger partial charge >= 0.3 is 0 Å². The highest BCUT2D eigenvalue weighted by Gasteiger charge is 2.14. The highest BCUT2D eigenvalue weighted by atomic mass is 15.2. The van der Waals surface area contributed by atoms with Gasteiger partial charge in [0.25, 0.3) is 0 Å². The van der Waals surface area contributed by atoms with Crippen molar-refractivity contribution in [1.29, 1.82) is 0 Å². The number of nitrogens with zero attached hydrogens (tertiary/aromatic N) is 3. The van der Waals surface area contributed by atoms with Crippen LogP contribution in [0.1, 0.15) is 33.6 Å². The van der Waals surface area contributed by atoms with Crippen molar-refractivity contribution in [3.8, 4) is 0 Å². The fourth-order valence-electron chi connectivity index (χ4n) is 2.17. The Morgan fingerprint density at radius 2 is 1.55 bits per heavy atom. The minimum Gasteiger partial charge on any atom is -0.369 e. The molecule has 0 radical (unpaired) electrons. The summed E-state index contributed by atoms with van der Waals surface area (Å²) in [6.07, 6.45) is 2.64. The smallest absolute Gasteiger partial charge is 0.0406 e. The Morgan fingerprint density at radius 3 is 1.95 bits per heavy atom. The maximum absolute atomic E-state index is 3.96. The SMILES string of the molecule is C=C(C)N(C)c1ccc(N2CCN(C)CC2)cc1.CCCC. The Labute approximate surface area is 137 Å². The lowest BCUT2D eigenvalue weighted by atomic mass is 10.2. The summed E-state index contributed by atoms with van der Waals surface area (Å²) in [5, 5.41) is 0. The molecule has 1 heterocycles. The standard InChI is InChI=1S/C15H23N3.C4H10/c1-13(2)17(4)14-5-7-15(8-6-14)18-11-9-16(3)10-12-18;1-3-4-2/h5-8H,1,9-12H2,2-4H3;3-4H2,1-2H3. The number of unbranched alkanes of at least 4 members (excludes halogenated alkanes) is 1. The summed E-state index contributed by atoms with van der Waals surface area (Å²) in [5.74, 6) is 0. The molecule has 0 unspecified atom stereocenters. The van der Waals surface area contributed by atoms with Gasteiger partial charge < -0.3 is 14.7 Å². The van der Waals surface area contributed by atoms with Gasteiger partial charge in [0.15, 0.2) is 0 Å². The highest BCUT2D eigenvalue weighted by Crippen LogP contribution is 2.22. The molecule has 0 aromatic heterocycles. The fourth-order valence-corrected chi connectivity index (χ4v) is 2.17. The van der Waals surface area contributed by atoms with Crippen molar-refractivity contribution >= 4 is 11.4 Å². The van der Waals surface area contributed by atoms with Crippen molar-refractivity contribution in [3.05, 3.63) is 36.5 Å². The molecule has 1 fully saturated rings. The second-order valence-electron chi connectivity index (χ2n) is 6.10. The van der Waals surface area contributed by atoms with Crippen molar-refractivity contribution in [2.45, 2.75) is 33.6 Å². The van der Waals surface area contributed by atoms with E-state index in [4.69, 9.17) is 0 Å². The Bertz CT molecular complexity index is 428. The van der Waals surface area contributed by atoms with E-state index in [2.05, 4.69) is 66.4 Å². The van der Waals surface area contributed by atoms with Crippen LogP contribution >= 0.6 is 0 Å². The van der Waals surface area contributed by atoms with Crippen LogP contribution in [-0.4, -0.2) is 45.2 Å². The Balaban J connectivity index is 0.000000541. The molecule has 0 N–H and O–H groups in total. The number of piperazine rings is 1. The number of hydrogen-bond acceptors (Lipinski definition) is 3. The monoisotopic (exact) mass is 303 g/mol. The average Bonchev–Trinajstić information content (AvgIpc) is 2.55. The predicted molar refractivity (Wildman–Crippen MR) is 100.0 cm³/mol. The van der Waals surface area contributed by atoms with E-state index in [-0.39, 0.29) is 0 Å². The minimum atomic E-state index is 1.06. The molecular weight excluding hydrogens is 270 g/mol. The van der Waals surface area contributed by atoms with Gasteiger partial charge in [-0.1, -0.05) is 33.3 Å². The molecule has 3 heteroatoms. The molecule has 3 nitrogen and oxygen atoms in total. The molecule has 0 saturated carbocycles. The summed E-state index contributed by atoms with van der Waals surface area (Å²) in [4.78, 5) is 6.93. The van der Waals surface area contributed by atoms with Gasteiger partial charge in [-0.2, -0.15) is 0 Å². The third-order valence-electron chi connectivity index (χ3n) is 4.18. The normalized spacial score (nSPS) is 15.0. The van der Waals surface area contributed by atoms with Crippen LogP contribution in [0, 0.1) is 0 Å². The number of benzene rings is 1. The molecule has 0 spiro atoms. The molecule has 0 amide bonds. The molecule has 22 heavy (non-hydrogen) atoms. The van der Waals surface area contributed by atoms with E-state index in [0.717, 1.165) is 31.9 Å². The van der Waals surface area contributed by atoms with E-state index in [1.165, 1.54) is 24.2 Å². The number of likely N-dealkylation sites (N-methyl/N-ethyl adjacent to an activating group) is 1. The van der Waals surface area contributed by atoms with Crippen molar-refractivity contribution in [2.24, 2.45) is 0 Å². The summed E-state index contributed by atoms with van der Waals surface area (Å²) >= 11 is 0. The molecule has 1 aromatic rings. The van der Waals surface area contributed by atoms with Gasteiger partial charge in [-0.25, -0.2) is 0 Å². The topological polar surface area (TPSA) is 9.72 Å². The van der Waals surface area contributed by atoms with Crippen molar-refractivity contribution in [2.75, 3.05) is 50.1 Å². The van der Waals surface area contributed by atoms with Crippen LogP contribution in [0.2, 0.25) is 0 Å². The average molecular weight is 303 g/mol. The Morgan fingerprint density at radius 1 is 1.05 bits per heavy atom. The van der Waals surface area contributed by atoms with Crippen LogP contribution in [0.25, 0.3) is 0 Å². The summed E-state index contributed by atoms with van der Waals surface area (Å²) in [6, 6.07) is 8.75. The molecule has 0 atom stereocenters. The fraction of sp³-hybridized carbons (Fsp3) is 0.579. The van der Waals surface area contributed by atoms with Crippen molar-refractivity contribution in [3.63, 3.8) is 0 Å².